The number of ketones is 1. The molecule has 2 aromatic carbocycles. The maximum atomic E-state index is 13.4. The Kier molecular flexibility index (Phi) is 5.15. The molecule has 3 rings (SSSR count). The van der Waals surface area contributed by atoms with E-state index in [0.29, 0.717) is 6.42 Å². The number of cyclic esters (lactones) is 1. The van der Waals surface area contributed by atoms with Crippen LogP contribution in [0.25, 0.3) is 0 Å². The molecule has 1 aliphatic heterocycles. The number of carbonyl (C=O) groups excluding carboxylic acids is 2. The maximum Gasteiger partial charge on any atom is 0.320 e. The number of rotatable bonds is 3. The molecule has 1 saturated heterocycles. The SMILES string of the molecule is CC1(C)C(=O)[C@](C)(Cc2ccc(Br)cc2)C(=O)O[C@H]1c1ccc(Br)cc1. The molecule has 0 aromatic heterocycles. The number of esters is 1. The molecule has 136 valence electrons. The Morgan fingerprint density at radius 1 is 0.885 bits per heavy atom. The van der Waals surface area contributed by atoms with Gasteiger partial charge in [-0.2, -0.15) is 0 Å². The molecule has 1 aliphatic rings. The van der Waals surface area contributed by atoms with Gasteiger partial charge in [0.05, 0.1) is 5.41 Å². The minimum absolute atomic E-state index is 0.0860. The van der Waals surface area contributed by atoms with E-state index in [1.54, 1.807) is 6.92 Å². The summed E-state index contributed by atoms with van der Waals surface area (Å²) in [5, 5.41) is 0. The van der Waals surface area contributed by atoms with Crippen LogP contribution >= 0.6 is 31.9 Å². The lowest BCUT2D eigenvalue weighted by Crippen LogP contribution is -2.54. The van der Waals surface area contributed by atoms with Crippen LogP contribution in [0.1, 0.15) is 38.0 Å². The van der Waals surface area contributed by atoms with Gasteiger partial charge in [0.2, 0.25) is 0 Å². The van der Waals surface area contributed by atoms with Crippen molar-refractivity contribution < 1.29 is 14.3 Å². The van der Waals surface area contributed by atoms with Crippen LogP contribution in [0.3, 0.4) is 0 Å². The minimum atomic E-state index is -1.19. The van der Waals surface area contributed by atoms with Gasteiger partial charge in [0, 0.05) is 8.95 Å². The molecule has 2 atom stereocenters. The number of halogens is 2. The number of ether oxygens (including phenoxy) is 1. The van der Waals surface area contributed by atoms with Crippen molar-refractivity contribution in [1.29, 1.82) is 0 Å². The number of hydrogen-bond acceptors (Lipinski definition) is 3. The Morgan fingerprint density at radius 3 is 1.92 bits per heavy atom. The Balaban J connectivity index is 1.94. The predicted molar refractivity (Wildman–Crippen MR) is 108 cm³/mol. The molecular formula is C21H20Br2O3. The summed E-state index contributed by atoms with van der Waals surface area (Å²) in [4.78, 5) is 26.3. The molecule has 0 aliphatic carbocycles. The summed E-state index contributed by atoms with van der Waals surface area (Å²) < 4.78 is 7.72. The minimum Gasteiger partial charge on any atom is -0.456 e. The van der Waals surface area contributed by atoms with Crippen molar-refractivity contribution in [2.24, 2.45) is 10.8 Å². The first kappa shape index (κ1) is 19.3. The summed E-state index contributed by atoms with van der Waals surface area (Å²) in [6, 6.07) is 15.2. The van der Waals surface area contributed by atoms with Crippen LogP contribution in [0.4, 0.5) is 0 Å². The molecular weight excluding hydrogens is 460 g/mol. The molecule has 0 bridgehead atoms. The smallest absolute Gasteiger partial charge is 0.320 e. The monoisotopic (exact) mass is 478 g/mol. The maximum absolute atomic E-state index is 13.4. The van der Waals surface area contributed by atoms with Crippen LogP contribution < -0.4 is 0 Å². The predicted octanol–water partition coefficient (Wildman–Crippen LogP) is 5.65. The first-order chi connectivity index (χ1) is 12.1. The van der Waals surface area contributed by atoms with Crippen molar-refractivity contribution in [1.82, 2.24) is 0 Å². The first-order valence-corrected chi connectivity index (χ1v) is 9.99. The van der Waals surface area contributed by atoms with Gasteiger partial charge in [-0.15, -0.1) is 0 Å². The van der Waals surface area contributed by atoms with E-state index in [9.17, 15) is 9.59 Å². The van der Waals surface area contributed by atoms with Gasteiger partial charge in [-0.25, -0.2) is 0 Å². The van der Waals surface area contributed by atoms with Crippen LogP contribution in [-0.4, -0.2) is 11.8 Å². The second-order valence-corrected chi connectivity index (χ2v) is 9.35. The van der Waals surface area contributed by atoms with Crippen LogP contribution in [0.5, 0.6) is 0 Å². The molecule has 3 nitrogen and oxygen atoms in total. The van der Waals surface area contributed by atoms with E-state index >= 15 is 0 Å². The lowest BCUT2D eigenvalue weighted by molar-refractivity contribution is -0.188. The average molecular weight is 480 g/mol. The van der Waals surface area contributed by atoms with Crippen LogP contribution in [0.2, 0.25) is 0 Å². The molecule has 5 heteroatoms. The topological polar surface area (TPSA) is 43.4 Å². The fourth-order valence-electron chi connectivity index (χ4n) is 3.59. The highest BCUT2D eigenvalue weighted by Gasteiger charge is 2.57. The second-order valence-electron chi connectivity index (χ2n) is 7.52. The number of carbonyl (C=O) groups is 2. The molecule has 0 saturated carbocycles. The average Bonchev–Trinajstić information content (AvgIpc) is 2.60. The highest BCUT2D eigenvalue weighted by molar-refractivity contribution is 9.10. The van der Waals surface area contributed by atoms with Crippen molar-refractivity contribution in [3.8, 4) is 0 Å². The van der Waals surface area contributed by atoms with E-state index in [4.69, 9.17) is 4.74 Å². The molecule has 0 N–H and O–H groups in total. The van der Waals surface area contributed by atoms with Crippen molar-refractivity contribution in [3.05, 3.63) is 68.6 Å². The fourth-order valence-corrected chi connectivity index (χ4v) is 4.12. The van der Waals surface area contributed by atoms with E-state index in [-0.39, 0.29) is 5.78 Å². The quantitative estimate of drug-likeness (QED) is 0.421. The zero-order valence-corrected chi connectivity index (χ0v) is 18.1. The van der Waals surface area contributed by atoms with Gasteiger partial charge in [-0.05, 0) is 62.6 Å². The second kappa shape index (κ2) is 6.93. The van der Waals surface area contributed by atoms with Crippen molar-refractivity contribution in [3.63, 3.8) is 0 Å². The van der Waals surface area contributed by atoms with Gasteiger partial charge in [0.15, 0.2) is 5.78 Å². The molecule has 0 unspecified atom stereocenters. The summed E-state index contributed by atoms with van der Waals surface area (Å²) in [5.41, 5.74) is -0.251. The van der Waals surface area contributed by atoms with E-state index in [2.05, 4.69) is 31.9 Å². The third kappa shape index (κ3) is 3.39. The van der Waals surface area contributed by atoms with Crippen molar-refractivity contribution in [2.45, 2.75) is 33.3 Å². The third-order valence-electron chi connectivity index (χ3n) is 5.06. The summed E-state index contributed by atoms with van der Waals surface area (Å²) in [5.74, 6) is -0.547. The Morgan fingerprint density at radius 2 is 1.38 bits per heavy atom. The summed E-state index contributed by atoms with van der Waals surface area (Å²) >= 11 is 6.81. The molecule has 1 fully saturated rings. The van der Waals surface area contributed by atoms with E-state index in [1.165, 1.54) is 0 Å². The van der Waals surface area contributed by atoms with E-state index < -0.39 is 22.9 Å². The number of Topliss-reactive ketones (excluding diaryl/α,β-unsaturated/α-hetero) is 1. The van der Waals surface area contributed by atoms with Crippen LogP contribution in [-0.2, 0) is 20.7 Å². The standard InChI is InChI=1S/C21H20Br2O3/c1-20(2)17(14-6-10-16(23)11-7-14)26-19(25)21(3,18(20)24)12-13-4-8-15(22)9-5-13/h4-11,17H,12H2,1-3H3/t17-,21-/m0/s1. The third-order valence-corrected chi connectivity index (χ3v) is 6.12. The van der Waals surface area contributed by atoms with Crippen molar-refractivity contribution >= 4 is 43.6 Å². The Bertz CT molecular complexity index is 841. The zero-order valence-electron chi connectivity index (χ0n) is 14.9. The molecule has 26 heavy (non-hydrogen) atoms. The number of hydrogen-bond donors (Lipinski definition) is 0. The largest absolute Gasteiger partial charge is 0.456 e. The zero-order chi connectivity index (χ0) is 19.1. The first-order valence-electron chi connectivity index (χ1n) is 8.40. The summed E-state index contributed by atoms with van der Waals surface area (Å²) in [6.07, 6.45) is -0.261. The van der Waals surface area contributed by atoms with E-state index in [0.717, 1.165) is 20.1 Å². The van der Waals surface area contributed by atoms with Crippen LogP contribution in [0.15, 0.2) is 57.5 Å². The lowest BCUT2D eigenvalue weighted by Gasteiger charge is -2.44. The Labute approximate surface area is 170 Å². The van der Waals surface area contributed by atoms with Gasteiger partial charge < -0.3 is 4.74 Å². The van der Waals surface area contributed by atoms with Gasteiger partial charge >= 0.3 is 5.97 Å². The summed E-state index contributed by atoms with van der Waals surface area (Å²) in [7, 11) is 0. The van der Waals surface area contributed by atoms with E-state index in [1.807, 2.05) is 62.4 Å². The summed E-state index contributed by atoms with van der Waals surface area (Å²) in [6.45, 7) is 5.40. The molecule has 0 radical (unpaired) electrons. The molecule has 0 amide bonds. The molecule has 1 heterocycles. The Hall–Kier alpha value is -1.46. The molecule has 0 spiro atoms. The van der Waals surface area contributed by atoms with Gasteiger partial charge in [0.1, 0.15) is 11.5 Å². The van der Waals surface area contributed by atoms with Crippen LogP contribution in [0, 0.1) is 10.8 Å². The highest BCUT2D eigenvalue weighted by Crippen LogP contribution is 2.49. The lowest BCUT2D eigenvalue weighted by atomic mass is 9.64. The van der Waals surface area contributed by atoms with Crippen molar-refractivity contribution in [2.75, 3.05) is 0 Å². The van der Waals surface area contributed by atoms with Gasteiger partial charge in [0.25, 0.3) is 0 Å². The highest BCUT2D eigenvalue weighted by atomic mass is 79.9. The van der Waals surface area contributed by atoms with Gasteiger partial charge in [-0.3, -0.25) is 9.59 Å². The fraction of sp³-hybridized carbons (Fsp3) is 0.333. The normalized spacial score (nSPS) is 25.0. The molecule has 2 aromatic rings. The number of benzene rings is 2. The van der Waals surface area contributed by atoms with Gasteiger partial charge in [-0.1, -0.05) is 56.1 Å².